The van der Waals surface area contributed by atoms with E-state index in [0.29, 0.717) is 13.0 Å². The molecule has 6 nitrogen and oxygen atoms in total. The van der Waals surface area contributed by atoms with Gasteiger partial charge in [-0.3, -0.25) is 4.79 Å². The van der Waals surface area contributed by atoms with Crippen molar-refractivity contribution in [2.45, 2.75) is 25.1 Å². The van der Waals surface area contributed by atoms with Crippen LogP contribution in [0.15, 0.2) is 23.3 Å². The second-order valence-corrected chi connectivity index (χ2v) is 6.14. The first-order valence-electron chi connectivity index (χ1n) is 7.34. The van der Waals surface area contributed by atoms with Crippen molar-refractivity contribution in [2.75, 3.05) is 24.6 Å². The summed E-state index contributed by atoms with van der Waals surface area (Å²) < 4.78 is 45.5. The number of amides is 1. The molecule has 0 bridgehead atoms. The van der Waals surface area contributed by atoms with Crippen molar-refractivity contribution in [1.29, 1.82) is 0 Å². The summed E-state index contributed by atoms with van der Waals surface area (Å²) in [4.78, 5) is 12.5. The van der Waals surface area contributed by atoms with Gasteiger partial charge < -0.3 is 14.7 Å². The number of carbonyl (C=O) groups is 1. The predicted molar refractivity (Wildman–Crippen MR) is 79.5 cm³/mol. The van der Waals surface area contributed by atoms with Gasteiger partial charge >= 0.3 is 6.18 Å². The second-order valence-electron chi connectivity index (χ2n) is 6.14. The lowest BCUT2D eigenvalue weighted by Crippen LogP contribution is -2.32. The van der Waals surface area contributed by atoms with Gasteiger partial charge in [0.05, 0.1) is 11.2 Å². The number of anilines is 1. The highest BCUT2D eigenvalue weighted by molar-refractivity contribution is 5.98. The summed E-state index contributed by atoms with van der Waals surface area (Å²) in [5.74, 6) is -0.536. The quantitative estimate of drug-likeness (QED) is 0.853. The number of hydrazone groups is 1. The number of β-amino-alcohol motifs (C(OH)–C–C–N with tert-alkyl or cyclic N) is 1. The molecule has 0 aliphatic carbocycles. The molecule has 0 saturated carbocycles. The Balaban J connectivity index is 1.98. The lowest BCUT2D eigenvalue weighted by Gasteiger charge is -2.25. The van der Waals surface area contributed by atoms with E-state index in [1.807, 2.05) is 0 Å². The van der Waals surface area contributed by atoms with Crippen LogP contribution in [-0.4, -0.2) is 42.2 Å². The summed E-state index contributed by atoms with van der Waals surface area (Å²) in [5, 5.41) is 13.6. The van der Waals surface area contributed by atoms with Crippen LogP contribution in [-0.2, 0) is 15.7 Å². The number of benzene rings is 1. The second kappa shape index (κ2) is 5.66. The van der Waals surface area contributed by atoms with Crippen molar-refractivity contribution in [1.82, 2.24) is 5.43 Å². The Morgan fingerprint density at radius 1 is 1.42 bits per heavy atom. The molecule has 1 saturated heterocycles. The van der Waals surface area contributed by atoms with E-state index in [2.05, 4.69) is 10.5 Å². The minimum atomic E-state index is -4.57. The van der Waals surface area contributed by atoms with Crippen molar-refractivity contribution < 1.29 is 27.8 Å². The summed E-state index contributed by atoms with van der Waals surface area (Å²) >= 11 is 0. The fourth-order valence-electron chi connectivity index (χ4n) is 2.78. The monoisotopic (exact) mass is 343 g/mol. The standard InChI is InChI=1S/C15H16F3N3O3/c1-14(23)4-5-21(8-14)11-3-2-9(6-10(11)15(16,17)18)13-20-19-12(22)7-24-13/h2-3,6,23H,4-5,7-8H2,1H3,(H,19,22). The van der Waals surface area contributed by atoms with Crippen LogP contribution < -0.4 is 10.3 Å². The van der Waals surface area contributed by atoms with E-state index in [1.54, 1.807) is 6.92 Å². The Morgan fingerprint density at radius 2 is 2.17 bits per heavy atom. The van der Waals surface area contributed by atoms with E-state index in [0.717, 1.165) is 6.07 Å². The maximum atomic E-state index is 13.5. The fourth-order valence-corrected chi connectivity index (χ4v) is 2.78. The molecule has 24 heavy (non-hydrogen) atoms. The molecule has 1 aromatic carbocycles. The van der Waals surface area contributed by atoms with Gasteiger partial charge in [0, 0.05) is 24.3 Å². The molecule has 1 fully saturated rings. The third-order valence-corrected chi connectivity index (χ3v) is 3.96. The molecule has 130 valence electrons. The lowest BCUT2D eigenvalue weighted by molar-refractivity contribution is -0.137. The maximum absolute atomic E-state index is 13.5. The third kappa shape index (κ3) is 3.30. The van der Waals surface area contributed by atoms with Gasteiger partial charge in [0.15, 0.2) is 6.61 Å². The number of hydrogen-bond donors (Lipinski definition) is 2. The summed E-state index contributed by atoms with van der Waals surface area (Å²) in [6.07, 6.45) is -4.17. The van der Waals surface area contributed by atoms with Crippen LogP contribution in [0.5, 0.6) is 0 Å². The molecule has 2 aliphatic heterocycles. The van der Waals surface area contributed by atoms with Crippen molar-refractivity contribution in [3.8, 4) is 0 Å². The van der Waals surface area contributed by atoms with Gasteiger partial charge in [0.1, 0.15) is 0 Å². The van der Waals surface area contributed by atoms with Crippen molar-refractivity contribution in [3.63, 3.8) is 0 Å². The van der Waals surface area contributed by atoms with E-state index in [4.69, 9.17) is 4.74 Å². The Hall–Kier alpha value is -2.29. The van der Waals surface area contributed by atoms with Gasteiger partial charge in [0.25, 0.3) is 5.91 Å². The minimum absolute atomic E-state index is 0.00414. The number of alkyl halides is 3. The van der Waals surface area contributed by atoms with Crippen LogP contribution in [0.1, 0.15) is 24.5 Å². The molecule has 0 spiro atoms. The first-order chi connectivity index (χ1) is 11.2. The molecule has 1 unspecified atom stereocenters. The van der Waals surface area contributed by atoms with E-state index >= 15 is 0 Å². The zero-order chi connectivity index (χ0) is 17.5. The summed E-state index contributed by atoms with van der Waals surface area (Å²) in [6.45, 7) is 1.77. The van der Waals surface area contributed by atoms with Gasteiger partial charge in [-0.1, -0.05) is 0 Å². The van der Waals surface area contributed by atoms with Gasteiger partial charge in [-0.05, 0) is 31.5 Å². The molecule has 2 aliphatic rings. The molecule has 3 rings (SSSR count). The van der Waals surface area contributed by atoms with Crippen LogP contribution in [0.3, 0.4) is 0 Å². The highest BCUT2D eigenvalue weighted by atomic mass is 19.4. The largest absolute Gasteiger partial charge is 0.466 e. The number of nitrogens with zero attached hydrogens (tertiary/aromatic N) is 2. The number of ether oxygens (including phenoxy) is 1. The molecule has 1 atom stereocenters. The normalized spacial score (nSPS) is 24.5. The van der Waals surface area contributed by atoms with Gasteiger partial charge in [-0.15, -0.1) is 5.10 Å². The number of rotatable bonds is 2. The van der Waals surface area contributed by atoms with E-state index in [-0.39, 0.29) is 30.3 Å². The number of aliphatic hydroxyl groups is 1. The maximum Gasteiger partial charge on any atom is 0.418 e. The fraction of sp³-hybridized carbons (Fsp3) is 0.467. The first kappa shape index (κ1) is 16.6. The van der Waals surface area contributed by atoms with E-state index in [9.17, 15) is 23.1 Å². The zero-order valence-electron chi connectivity index (χ0n) is 12.9. The summed E-state index contributed by atoms with van der Waals surface area (Å²) in [5.41, 5.74) is 0.451. The summed E-state index contributed by atoms with van der Waals surface area (Å²) in [7, 11) is 0. The van der Waals surface area contributed by atoms with Crippen LogP contribution in [0.2, 0.25) is 0 Å². The molecular weight excluding hydrogens is 327 g/mol. The molecule has 0 aromatic heterocycles. The molecule has 9 heteroatoms. The van der Waals surface area contributed by atoms with Crippen molar-refractivity contribution >= 4 is 17.5 Å². The lowest BCUT2D eigenvalue weighted by atomic mass is 10.1. The van der Waals surface area contributed by atoms with Crippen LogP contribution in [0.4, 0.5) is 18.9 Å². The molecule has 1 aromatic rings. The van der Waals surface area contributed by atoms with Crippen LogP contribution >= 0.6 is 0 Å². The third-order valence-electron chi connectivity index (χ3n) is 3.96. The Bertz CT molecular complexity index is 701. The predicted octanol–water partition coefficient (Wildman–Crippen LogP) is 1.47. The highest BCUT2D eigenvalue weighted by Crippen LogP contribution is 2.39. The van der Waals surface area contributed by atoms with Crippen molar-refractivity contribution in [2.24, 2.45) is 5.10 Å². The molecule has 2 N–H and O–H groups in total. The molecule has 1 amide bonds. The van der Waals surface area contributed by atoms with E-state index < -0.39 is 23.2 Å². The average molecular weight is 343 g/mol. The van der Waals surface area contributed by atoms with Gasteiger partial charge in [0.2, 0.25) is 5.90 Å². The summed E-state index contributed by atoms with van der Waals surface area (Å²) in [6, 6.07) is 3.73. The topological polar surface area (TPSA) is 74.2 Å². The minimum Gasteiger partial charge on any atom is -0.466 e. The Labute approximate surface area is 135 Å². The number of halogens is 3. The zero-order valence-corrected chi connectivity index (χ0v) is 12.9. The van der Waals surface area contributed by atoms with Gasteiger partial charge in [-0.25, -0.2) is 5.43 Å². The van der Waals surface area contributed by atoms with Crippen LogP contribution in [0, 0.1) is 0 Å². The van der Waals surface area contributed by atoms with Gasteiger partial charge in [-0.2, -0.15) is 13.2 Å². The highest BCUT2D eigenvalue weighted by Gasteiger charge is 2.39. The molecule has 0 radical (unpaired) electrons. The Kier molecular flexibility index (Phi) is 3.90. The number of carbonyl (C=O) groups excluding carboxylic acids is 1. The molecule has 2 heterocycles. The SMILES string of the molecule is CC1(O)CCN(c2ccc(C3=NNC(=O)CO3)cc2C(F)(F)F)C1. The number of nitrogens with one attached hydrogen (secondary N) is 1. The molecular formula is C15H16F3N3O3. The Morgan fingerprint density at radius 3 is 2.71 bits per heavy atom. The van der Waals surface area contributed by atoms with Crippen LogP contribution in [0.25, 0.3) is 0 Å². The average Bonchev–Trinajstić information content (AvgIpc) is 2.87. The van der Waals surface area contributed by atoms with E-state index in [1.165, 1.54) is 17.0 Å². The first-order valence-corrected chi connectivity index (χ1v) is 7.34. The smallest absolute Gasteiger partial charge is 0.418 e. The number of hydrogen-bond acceptors (Lipinski definition) is 5. The van der Waals surface area contributed by atoms with Crippen molar-refractivity contribution in [3.05, 3.63) is 29.3 Å².